The molecule has 2 N–H and O–H groups in total. The summed E-state index contributed by atoms with van der Waals surface area (Å²) < 4.78 is 13.6. The van der Waals surface area contributed by atoms with Crippen LogP contribution in [0.25, 0.3) is 0 Å². The molecule has 1 fully saturated rings. The lowest BCUT2D eigenvalue weighted by Gasteiger charge is -2.09. The Labute approximate surface area is 152 Å². The van der Waals surface area contributed by atoms with E-state index in [1.807, 2.05) is 24.3 Å². The standard InChI is InChI=1S/C21H23FN2O2/c1-13(2)14-7-9-16(10-8-14)24-21(26)18-11-17(18)20(25)23-12-15-5-3-4-6-19(15)22/h3-10,13,17-18H,11-12H2,1-2H3,(H,23,25)(H,24,26). The molecule has 1 saturated carbocycles. The summed E-state index contributed by atoms with van der Waals surface area (Å²) in [6, 6.07) is 14.1. The zero-order valence-electron chi connectivity index (χ0n) is 15.0. The molecule has 0 heterocycles. The lowest BCUT2D eigenvalue weighted by Crippen LogP contribution is -2.27. The molecule has 2 amide bonds. The average Bonchev–Trinajstić information content (AvgIpc) is 3.42. The van der Waals surface area contributed by atoms with E-state index in [9.17, 15) is 14.0 Å². The maximum atomic E-state index is 13.6. The van der Waals surface area contributed by atoms with Crippen LogP contribution in [0.15, 0.2) is 48.5 Å². The van der Waals surface area contributed by atoms with Crippen molar-refractivity contribution in [3.05, 3.63) is 65.5 Å². The molecular weight excluding hydrogens is 331 g/mol. The highest BCUT2D eigenvalue weighted by Gasteiger charge is 2.47. The molecule has 0 spiro atoms. The summed E-state index contributed by atoms with van der Waals surface area (Å²) >= 11 is 0. The Morgan fingerprint density at radius 3 is 2.35 bits per heavy atom. The van der Waals surface area contributed by atoms with E-state index in [0.29, 0.717) is 17.9 Å². The van der Waals surface area contributed by atoms with Gasteiger partial charge in [0.25, 0.3) is 0 Å². The number of nitrogens with one attached hydrogen (secondary N) is 2. The number of carbonyl (C=O) groups is 2. The maximum absolute atomic E-state index is 13.6. The second-order valence-corrected chi connectivity index (χ2v) is 7.02. The van der Waals surface area contributed by atoms with E-state index in [1.54, 1.807) is 18.2 Å². The molecule has 0 aromatic heterocycles. The third kappa shape index (κ3) is 4.28. The topological polar surface area (TPSA) is 58.2 Å². The van der Waals surface area contributed by atoms with Crippen molar-refractivity contribution in [2.75, 3.05) is 5.32 Å². The first-order chi connectivity index (χ1) is 12.5. The summed E-state index contributed by atoms with van der Waals surface area (Å²) in [5.74, 6) is -0.914. The van der Waals surface area contributed by atoms with Gasteiger partial charge in [0.2, 0.25) is 11.8 Å². The fourth-order valence-corrected chi connectivity index (χ4v) is 2.92. The summed E-state index contributed by atoms with van der Waals surface area (Å²) in [4.78, 5) is 24.4. The van der Waals surface area contributed by atoms with Crippen molar-refractivity contribution in [3.63, 3.8) is 0 Å². The zero-order valence-corrected chi connectivity index (χ0v) is 15.0. The molecule has 2 unspecified atom stereocenters. The molecule has 2 atom stereocenters. The number of hydrogen-bond donors (Lipinski definition) is 2. The Balaban J connectivity index is 1.49. The van der Waals surface area contributed by atoms with Crippen LogP contribution in [0.1, 0.15) is 37.3 Å². The van der Waals surface area contributed by atoms with Gasteiger partial charge in [-0.2, -0.15) is 0 Å². The van der Waals surface area contributed by atoms with E-state index >= 15 is 0 Å². The van der Waals surface area contributed by atoms with Gasteiger partial charge in [0.05, 0.1) is 11.8 Å². The predicted octanol–water partition coefficient (Wildman–Crippen LogP) is 3.84. The van der Waals surface area contributed by atoms with Crippen LogP contribution in [0.4, 0.5) is 10.1 Å². The van der Waals surface area contributed by atoms with Gasteiger partial charge in [-0.15, -0.1) is 0 Å². The van der Waals surface area contributed by atoms with Crippen LogP contribution in [-0.2, 0) is 16.1 Å². The lowest BCUT2D eigenvalue weighted by atomic mass is 10.0. The molecule has 1 aliphatic rings. The van der Waals surface area contributed by atoms with Crippen LogP contribution in [0, 0.1) is 17.7 Å². The van der Waals surface area contributed by atoms with Gasteiger partial charge >= 0.3 is 0 Å². The van der Waals surface area contributed by atoms with Crippen molar-refractivity contribution in [3.8, 4) is 0 Å². The van der Waals surface area contributed by atoms with Crippen molar-refractivity contribution in [2.24, 2.45) is 11.8 Å². The Morgan fingerprint density at radius 1 is 1.04 bits per heavy atom. The van der Waals surface area contributed by atoms with Gasteiger partial charge in [-0.25, -0.2) is 4.39 Å². The number of amides is 2. The van der Waals surface area contributed by atoms with Crippen LogP contribution in [0.3, 0.4) is 0 Å². The van der Waals surface area contributed by atoms with E-state index in [-0.39, 0.29) is 36.0 Å². The zero-order chi connectivity index (χ0) is 18.7. The van der Waals surface area contributed by atoms with Gasteiger partial charge in [-0.05, 0) is 36.1 Å². The largest absolute Gasteiger partial charge is 0.352 e. The molecule has 26 heavy (non-hydrogen) atoms. The molecule has 2 aromatic carbocycles. The van der Waals surface area contributed by atoms with E-state index in [0.717, 1.165) is 5.69 Å². The number of carbonyl (C=O) groups excluding carboxylic acids is 2. The van der Waals surface area contributed by atoms with E-state index < -0.39 is 0 Å². The summed E-state index contributed by atoms with van der Waals surface area (Å²) in [6.45, 7) is 4.36. The molecular formula is C21H23FN2O2. The normalized spacial score (nSPS) is 18.5. The number of halogens is 1. The minimum atomic E-state index is -0.345. The fraction of sp³-hybridized carbons (Fsp3) is 0.333. The summed E-state index contributed by atoms with van der Waals surface area (Å²) in [5.41, 5.74) is 2.38. The molecule has 0 radical (unpaired) electrons. The first kappa shape index (κ1) is 18.1. The highest BCUT2D eigenvalue weighted by Crippen LogP contribution is 2.39. The molecule has 0 bridgehead atoms. The second-order valence-electron chi connectivity index (χ2n) is 7.02. The Bertz CT molecular complexity index is 802. The summed E-state index contributed by atoms with van der Waals surface area (Å²) in [6.07, 6.45) is 0.527. The fourth-order valence-electron chi connectivity index (χ4n) is 2.92. The van der Waals surface area contributed by atoms with Crippen LogP contribution >= 0.6 is 0 Å². The number of anilines is 1. The Morgan fingerprint density at radius 2 is 1.69 bits per heavy atom. The molecule has 3 rings (SSSR count). The van der Waals surface area contributed by atoms with Gasteiger partial charge in [0.15, 0.2) is 0 Å². The molecule has 1 aliphatic carbocycles. The Hall–Kier alpha value is -2.69. The molecule has 4 nitrogen and oxygen atoms in total. The molecule has 2 aromatic rings. The Kier molecular flexibility index (Phi) is 5.35. The smallest absolute Gasteiger partial charge is 0.228 e. The molecule has 136 valence electrons. The lowest BCUT2D eigenvalue weighted by molar-refractivity contribution is -0.125. The van der Waals surface area contributed by atoms with E-state index in [1.165, 1.54) is 11.6 Å². The van der Waals surface area contributed by atoms with Crippen molar-refractivity contribution in [1.82, 2.24) is 5.32 Å². The minimum absolute atomic E-state index is 0.132. The quantitative estimate of drug-likeness (QED) is 0.828. The number of benzene rings is 2. The van der Waals surface area contributed by atoms with Gasteiger partial charge < -0.3 is 10.6 Å². The van der Waals surface area contributed by atoms with E-state index in [2.05, 4.69) is 24.5 Å². The molecule has 0 aliphatic heterocycles. The van der Waals surface area contributed by atoms with Crippen LogP contribution < -0.4 is 10.6 Å². The van der Waals surface area contributed by atoms with E-state index in [4.69, 9.17) is 0 Å². The van der Waals surface area contributed by atoms with Crippen molar-refractivity contribution >= 4 is 17.5 Å². The predicted molar refractivity (Wildman–Crippen MR) is 99.0 cm³/mol. The number of hydrogen-bond acceptors (Lipinski definition) is 2. The third-order valence-electron chi connectivity index (χ3n) is 4.72. The monoisotopic (exact) mass is 354 g/mol. The second kappa shape index (κ2) is 7.68. The minimum Gasteiger partial charge on any atom is -0.352 e. The maximum Gasteiger partial charge on any atom is 0.228 e. The highest BCUT2D eigenvalue weighted by molar-refractivity contribution is 5.99. The van der Waals surface area contributed by atoms with Gasteiger partial charge in [0, 0.05) is 17.8 Å². The van der Waals surface area contributed by atoms with Crippen molar-refractivity contribution in [2.45, 2.75) is 32.7 Å². The van der Waals surface area contributed by atoms with Crippen LogP contribution in [0.2, 0.25) is 0 Å². The van der Waals surface area contributed by atoms with Crippen LogP contribution in [0.5, 0.6) is 0 Å². The average molecular weight is 354 g/mol. The van der Waals surface area contributed by atoms with Gasteiger partial charge in [0.1, 0.15) is 5.82 Å². The van der Waals surface area contributed by atoms with Gasteiger partial charge in [-0.3, -0.25) is 9.59 Å². The molecule has 5 heteroatoms. The highest BCUT2D eigenvalue weighted by atomic mass is 19.1. The first-order valence-electron chi connectivity index (χ1n) is 8.87. The van der Waals surface area contributed by atoms with Crippen LogP contribution in [-0.4, -0.2) is 11.8 Å². The first-order valence-corrected chi connectivity index (χ1v) is 8.87. The summed E-state index contributed by atoms with van der Waals surface area (Å²) in [7, 11) is 0. The third-order valence-corrected chi connectivity index (χ3v) is 4.72. The summed E-state index contributed by atoms with van der Waals surface area (Å²) in [5, 5.41) is 5.57. The SMILES string of the molecule is CC(C)c1ccc(NC(=O)C2CC2C(=O)NCc2ccccc2F)cc1. The number of rotatable bonds is 6. The van der Waals surface area contributed by atoms with Crippen molar-refractivity contribution in [1.29, 1.82) is 0 Å². The van der Waals surface area contributed by atoms with Gasteiger partial charge in [-0.1, -0.05) is 44.2 Å². The van der Waals surface area contributed by atoms with Crippen molar-refractivity contribution < 1.29 is 14.0 Å². The molecule has 0 saturated heterocycles.